The van der Waals surface area contributed by atoms with E-state index in [2.05, 4.69) is 19.9 Å². The molecule has 0 saturated heterocycles. The van der Waals surface area contributed by atoms with Gasteiger partial charge in [0.2, 0.25) is 5.88 Å². The van der Waals surface area contributed by atoms with E-state index in [1.165, 1.54) is 17.9 Å². The minimum atomic E-state index is -4.52. The molecule has 1 N–H and O–H groups in total. The van der Waals surface area contributed by atoms with Crippen molar-refractivity contribution in [2.75, 3.05) is 7.11 Å². The predicted molar refractivity (Wildman–Crippen MR) is 137 cm³/mol. The number of imidazole rings is 2. The molecule has 1 fully saturated rings. The maximum Gasteiger partial charge on any atom is 0.434 e. The summed E-state index contributed by atoms with van der Waals surface area (Å²) in [5.74, 6) is 0.962. The van der Waals surface area contributed by atoms with Gasteiger partial charge < -0.3 is 14.3 Å². The van der Waals surface area contributed by atoms with Gasteiger partial charge in [-0.3, -0.25) is 9.55 Å². The van der Waals surface area contributed by atoms with Gasteiger partial charge in [0.1, 0.15) is 12.2 Å². The minimum absolute atomic E-state index is 0.204. The van der Waals surface area contributed by atoms with Gasteiger partial charge >= 0.3 is 11.9 Å². The Morgan fingerprint density at radius 2 is 1.87 bits per heavy atom. The molecule has 0 aliphatic heterocycles. The average molecular weight is 536 g/mol. The SMILES string of the molecule is COc1ncnc(C2CC2)c1-c1cc2c([nH]c(=O)n2Cc2ccc(-c3nc(C(F)(F)F)cn3C)cc2)c(C)n1. The van der Waals surface area contributed by atoms with Crippen molar-refractivity contribution >= 4 is 11.0 Å². The number of nitrogens with one attached hydrogen (secondary N) is 1. The number of nitrogens with zero attached hydrogens (tertiary/aromatic N) is 6. The zero-order valence-electron chi connectivity index (χ0n) is 21.4. The van der Waals surface area contributed by atoms with E-state index in [-0.39, 0.29) is 18.1 Å². The molecule has 39 heavy (non-hydrogen) atoms. The number of aryl methyl sites for hydroxylation is 2. The second-order valence-electron chi connectivity index (χ2n) is 9.68. The lowest BCUT2D eigenvalue weighted by Gasteiger charge is -2.13. The fourth-order valence-corrected chi connectivity index (χ4v) is 4.85. The van der Waals surface area contributed by atoms with E-state index in [0.717, 1.165) is 35.9 Å². The number of benzene rings is 1. The first-order chi connectivity index (χ1) is 18.6. The molecule has 4 aromatic heterocycles. The Hall–Kier alpha value is -4.48. The second-order valence-corrected chi connectivity index (χ2v) is 9.68. The van der Waals surface area contributed by atoms with Crippen LogP contribution in [0.4, 0.5) is 13.2 Å². The highest BCUT2D eigenvalue weighted by Gasteiger charge is 2.34. The van der Waals surface area contributed by atoms with Gasteiger partial charge in [-0.25, -0.2) is 19.7 Å². The van der Waals surface area contributed by atoms with Crippen molar-refractivity contribution in [1.82, 2.24) is 34.1 Å². The molecule has 1 aromatic carbocycles. The Labute approximate surface area is 220 Å². The maximum absolute atomic E-state index is 13.1. The van der Waals surface area contributed by atoms with Crippen LogP contribution in [0, 0.1) is 6.92 Å². The second kappa shape index (κ2) is 9.07. The van der Waals surface area contributed by atoms with E-state index < -0.39 is 11.9 Å². The fraction of sp³-hybridized carbons (Fsp3) is 0.296. The number of halogens is 3. The molecule has 1 aliphatic rings. The summed E-state index contributed by atoms with van der Waals surface area (Å²) >= 11 is 0. The van der Waals surface area contributed by atoms with E-state index in [1.807, 2.05) is 13.0 Å². The highest BCUT2D eigenvalue weighted by molar-refractivity contribution is 5.84. The summed E-state index contributed by atoms with van der Waals surface area (Å²) in [7, 11) is 3.07. The number of hydrogen-bond donors (Lipinski definition) is 1. The molecule has 5 aromatic rings. The number of aromatic amines is 1. The fourth-order valence-electron chi connectivity index (χ4n) is 4.85. The quantitative estimate of drug-likeness (QED) is 0.334. The first-order valence-electron chi connectivity index (χ1n) is 12.3. The van der Waals surface area contributed by atoms with Crippen LogP contribution in [0.3, 0.4) is 0 Å². The van der Waals surface area contributed by atoms with Crippen molar-refractivity contribution in [2.24, 2.45) is 7.05 Å². The smallest absolute Gasteiger partial charge is 0.434 e. The third-order valence-corrected chi connectivity index (χ3v) is 6.92. The monoisotopic (exact) mass is 535 g/mol. The average Bonchev–Trinajstić information content (AvgIpc) is 3.61. The van der Waals surface area contributed by atoms with Gasteiger partial charge in [0.25, 0.3) is 0 Å². The number of ether oxygens (including phenoxy) is 1. The molecule has 1 aliphatic carbocycles. The summed E-state index contributed by atoms with van der Waals surface area (Å²) in [6.45, 7) is 2.07. The molecule has 6 rings (SSSR count). The Balaban J connectivity index is 1.38. The molecule has 0 amide bonds. The van der Waals surface area contributed by atoms with Crippen LogP contribution >= 0.6 is 0 Å². The van der Waals surface area contributed by atoms with Crippen LogP contribution in [-0.4, -0.2) is 41.2 Å². The van der Waals surface area contributed by atoms with Gasteiger partial charge in [-0.2, -0.15) is 13.2 Å². The zero-order valence-corrected chi connectivity index (χ0v) is 21.4. The maximum atomic E-state index is 13.1. The number of pyridine rings is 1. The van der Waals surface area contributed by atoms with Gasteiger partial charge in [-0.1, -0.05) is 24.3 Å². The third kappa shape index (κ3) is 4.45. The first kappa shape index (κ1) is 24.8. The first-order valence-corrected chi connectivity index (χ1v) is 12.3. The molecular formula is C27H24F3N7O2. The topological polar surface area (TPSA) is 104 Å². The predicted octanol–water partition coefficient (Wildman–Crippen LogP) is 4.84. The van der Waals surface area contributed by atoms with E-state index in [4.69, 9.17) is 9.72 Å². The zero-order chi connectivity index (χ0) is 27.5. The molecule has 0 unspecified atom stereocenters. The van der Waals surface area contributed by atoms with E-state index >= 15 is 0 Å². The van der Waals surface area contributed by atoms with Crippen LogP contribution in [0.1, 0.15) is 41.4 Å². The summed E-state index contributed by atoms with van der Waals surface area (Å²) in [6, 6.07) is 8.79. The number of aromatic nitrogens is 7. The van der Waals surface area contributed by atoms with Gasteiger partial charge in [0, 0.05) is 24.7 Å². The van der Waals surface area contributed by atoms with Crippen molar-refractivity contribution in [2.45, 2.75) is 38.4 Å². The number of hydrogen-bond acceptors (Lipinski definition) is 6. The Kier molecular flexibility index (Phi) is 5.77. The molecule has 0 radical (unpaired) electrons. The van der Waals surface area contributed by atoms with Crippen molar-refractivity contribution in [1.29, 1.82) is 0 Å². The van der Waals surface area contributed by atoms with Crippen molar-refractivity contribution in [3.63, 3.8) is 0 Å². The summed E-state index contributed by atoms with van der Waals surface area (Å²) < 4.78 is 47.7. The number of fused-ring (bicyclic) bond motifs is 1. The van der Waals surface area contributed by atoms with Gasteiger partial charge in [0.05, 0.1) is 47.3 Å². The highest BCUT2D eigenvalue weighted by Crippen LogP contribution is 2.45. The Morgan fingerprint density at radius 1 is 1.13 bits per heavy atom. The van der Waals surface area contributed by atoms with Crippen LogP contribution in [0.25, 0.3) is 33.7 Å². The van der Waals surface area contributed by atoms with E-state index in [1.54, 1.807) is 35.9 Å². The van der Waals surface area contributed by atoms with Gasteiger partial charge in [-0.05, 0) is 31.4 Å². The highest BCUT2D eigenvalue weighted by atomic mass is 19.4. The molecular weight excluding hydrogens is 511 g/mol. The third-order valence-electron chi connectivity index (χ3n) is 6.92. The number of rotatable bonds is 6. The van der Waals surface area contributed by atoms with Crippen LogP contribution in [0.5, 0.6) is 5.88 Å². The lowest BCUT2D eigenvalue weighted by molar-refractivity contribution is -0.140. The van der Waals surface area contributed by atoms with Crippen LogP contribution < -0.4 is 10.4 Å². The van der Waals surface area contributed by atoms with Crippen molar-refractivity contribution in [3.8, 4) is 28.5 Å². The Bertz CT molecular complexity index is 1760. The summed E-state index contributed by atoms with van der Waals surface area (Å²) in [5, 5.41) is 0. The molecule has 1 saturated carbocycles. The number of H-pyrrole nitrogens is 1. The summed E-state index contributed by atoms with van der Waals surface area (Å²) in [5.41, 5.74) is 4.26. The molecule has 0 atom stereocenters. The molecule has 200 valence electrons. The molecule has 0 bridgehead atoms. The van der Waals surface area contributed by atoms with Gasteiger partial charge in [-0.15, -0.1) is 0 Å². The molecule has 0 spiro atoms. The van der Waals surface area contributed by atoms with Crippen molar-refractivity contribution in [3.05, 3.63) is 76.0 Å². The number of methoxy groups -OCH3 is 1. The number of alkyl halides is 3. The van der Waals surface area contributed by atoms with Crippen molar-refractivity contribution < 1.29 is 17.9 Å². The van der Waals surface area contributed by atoms with Crippen LogP contribution in [0.15, 0.2) is 47.7 Å². The molecule has 12 heteroatoms. The summed E-state index contributed by atoms with van der Waals surface area (Å²) in [6.07, 6.45) is 0.00790. The normalized spacial score (nSPS) is 13.8. The lowest BCUT2D eigenvalue weighted by Crippen LogP contribution is -2.17. The standard InChI is InChI=1S/C27H24F3N7O2/c1-14-22-19(10-18(33-14)21-23(16-8-9-16)31-13-32-25(21)39-3)37(26(38)35-22)11-15-4-6-17(7-5-15)24-34-20(12-36(24)2)27(28,29)30/h4-7,10,12-13,16H,8-9,11H2,1-3H3,(H,35,38). The Morgan fingerprint density at radius 3 is 2.51 bits per heavy atom. The lowest BCUT2D eigenvalue weighted by atomic mass is 10.1. The molecule has 9 nitrogen and oxygen atoms in total. The van der Waals surface area contributed by atoms with Crippen LogP contribution in [0.2, 0.25) is 0 Å². The van der Waals surface area contributed by atoms with Gasteiger partial charge in [0.15, 0.2) is 5.69 Å². The summed E-state index contributed by atoms with van der Waals surface area (Å²) in [4.78, 5) is 33.2. The van der Waals surface area contributed by atoms with E-state index in [0.29, 0.717) is 39.8 Å². The largest absolute Gasteiger partial charge is 0.480 e. The molecule has 4 heterocycles. The minimum Gasteiger partial charge on any atom is -0.480 e. The van der Waals surface area contributed by atoms with Crippen LogP contribution in [-0.2, 0) is 19.8 Å². The van der Waals surface area contributed by atoms with E-state index in [9.17, 15) is 18.0 Å².